The summed E-state index contributed by atoms with van der Waals surface area (Å²) in [6, 6.07) is 3.63. The minimum Gasteiger partial charge on any atom is -0.466 e. The van der Waals surface area contributed by atoms with Gasteiger partial charge < -0.3 is 4.74 Å². The van der Waals surface area contributed by atoms with Crippen LogP contribution in [0.2, 0.25) is 0 Å². The van der Waals surface area contributed by atoms with Crippen molar-refractivity contribution in [2.75, 3.05) is 6.61 Å². The van der Waals surface area contributed by atoms with Gasteiger partial charge in [0.05, 0.1) is 18.7 Å². The van der Waals surface area contributed by atoms with Crippen molar-refractivity contribution < 1.29 is 9.53 Å². The number of nitrogens with zero attached hydrogens (tertiary/aromatic N) is 2. The Morgan fingerprint density at radius 1 is 1.50 bits per heavy atom. The molecule has 0 unspecified atom stereocenters. The van der Waals surface area contributed by atoms with E-state index in [0.29, 0.717) is 24.1 Å². The number of aromatic nitrogens is 2. The monoisotopic (exact) mass is 258 g/mol. The van der Waals surface area contributed by atoms with Crippen molar-refractivity contribution in [3.8, 4) is 0 Å². The topological polar surface area (TPSA) is 52.1 Å². The minimum absolute atomic E-state index is 0.197. The third kappa shape index (κ3) is 3.83. The summed E-state index contributed by atoms with van der Waals surface area (Å²) < 4.78 is 5.48. The Morgan fingerprint density at radius 2 is 2.29 bits per heavy atom. The smallest absolute Gasteiger partial charge is 0.306 e. The Labute approximate surface area is 90.8 Å². The molecule has 0 bridgehead atoms. The van der Waals surface area contributed by atoms with Gasteiger partial charge in [0, 0.05) is 6.42 Å². The summed E-state index contributed by atoms with van der Waals surface area (Å²) in [7, 11) is 0. The second kappa shape index (κ2) is 5.70. The molecule has 4 nitrogen and oxygen atoms in total. The Hall–Kier alpha value is -0.970. The highest BCUT2D eigenvalue weighted by molar-refractivity contribution is 9.10. The van der Waals surface area contributed by atoms with E-state index in [1.807, 2.05) is 6.07 Å². The fraction of sp³-hybridized carbons (Fsp3) is 0.444. The highest BCUT2D eigenvalue weighted by atomic mass is 79.9. The predicted molar refractivity (Wildman–Crippen MR) is 54.7 cm³/mol. The lowest BCUT2D eigenvalue weighted by atomic mass is 10.2. The molecule has 0 saturated carbocycles. The molecule has 0 aliphatic heterocycles. The average molecular weight is 259 g/mol. The number of ether oxygens (including phenoxy) is 1. The standard InChI is InChI=1S/C9H11BrN2O2/c1-2-14-9(13)6-4-7-3-5-8(10)12-11-7/h3,5H,2,4,6H2,1H3. The lowest BCUT2D eigenvalue weighted by Gasteiger charge is -2.00. The Bertz CT molecular complexity index is 300. The number of esters is 1. The summed E-state index contributed by atoms with van der Waals surface area (Å²) >= 11 is 3.19. The van der Waals surface area contributed by atoms with Gasteiger partial charge in [0.15, 0.2) is 0 Å². The first-order chi connectivity index (χ1) is 6.72. The van der Waals surface area contributed by atoms with Crippen LogP contribution >= 0.6 is 15.9 Å². The lowest BCUT2D eigenvalue weighted by Crippen LogP contribution is -2.06. The van der Waals surface area contributed by atoms with Gasteiger partial charge in [0.1, 0.15) is 4.60 Å². The van der Waals surface area contributed by atoms with Crippen molar-refractivity contribution in [3.05, 3.63) is 22.4 Å². The summed E-state index contributed by atoms with van der Waals surface area (Å²) in [5.41, 5.74) is 0.793. The first-order valence-electron chi connectivity index (χ1n) is 4.36. The van der Waals surface area contributed by atoms with Crippen LogP contribution in [0.4, 0.5) is 0 Å². The molecule has 0 amide bonds. The van der Waals surface area contributed by atoms with Gasteiger partial charge in [-0.15, -0.1) is 5.10 Å². The lowest BCUT2D eigenvalue weighted by molar-refractivity contribution is -0.143. The fourth-order valence-electron chi connectivity index (χ4n) is 0.940. The first kappa shape index (κ1) is 11.1. The van der Waals surface area contributed by atoms with Crippen LogP contribution < -0.4 is 0 Å². The maximum Gasteiger partial charge on any atom is 0.306 e. The van der Waals surface area contributed by atoms with E-state index in [0.717, 1.165) is 5.69 Å². The van der Waals surface area contributed by atoms with E-state index in [4.69, 9.17) is 4.74 Å². The van der Waals surface area contributed by atoms with E-state index >= 15 is 0 Å². The number of carbonyl (C=O) groups excluding carboxylic acids is 1. The first-order valence-corrected chi connectivity index (χ1v) is 5.15. The van der Waals surface area contributed by atoms with Crippen LogP contribution in [0.3, 0.4) is 0 Å². The van der Waals surface area contributed by atoms with Crippen molar-refractivity contribution in [1.82, 2.24) is 10.2 Å². The summed E-state index contributed by atoms with van der Waals surface area (Å²) in [4.78, 5) is 11.0. The van der Waals surface area contributed by atoms with Crippen LogP contribution in [-0.4, -0.2) is 22.8 Å². The maximum atomic E-state index is 11.0. The number of hydrogen-bond acceptors (Lipinski definition) is 4. The molecule has 0 atom stereocenters. The van der Waals surface area contributed by atoms with Gasteiger partial charge in [-0.1, -0.05) is 0 Å². The molecule has 0 aliphatic rings. The fourth-order valence-corrected chi connectivity index (χ4v) is 1.15. The van der Waals surface area contributed by atoms with Crippen LogP contribution in [-0.2, 0) is 16.0 Å². The number of halogens is 1. The quantitative estimate of drug-likeness (QED) is 0.773. The molecule has 0 saturated heterocycles. The molecular formula is C9H11BrN2O2. The van der Waals surface area contributed by atoms with Gasteiger partial charge in [-0.05, 0) is 35.0 Å². The van der Waals surface area contributed by atoms with Crippen LogP contribution in [0.5, 0.6) is 0 Å². The molecule has 1 rings (SSSR count). The van der Waals surface area contributed by atoms with Gasteiger partial charge in [-0.3, -0.25) is 4.79 Å². The summed E-state index contributed by atoms with van der Waals surface area (Å²) in [5.74, 6) is -0.197. The summed E-state index contributed by atoms with van der Waals surface area (Å²) in [6.45, 7) is 2.21. The molecule has 5 heteroatoms. The van der Waals surface area contributed by atoms with Gasteiger partial charge in [0.2, 0.25) is 0 Å². The molecule has 0 N–H and O–H groups in total. The van der Waals surface area contributed by atoms with E-state index in [1.165, 1.54) is 0 Å². The van der Waals surface area contributed by atoms with E-state index < -0.39 is 0 Å². The molecule has 0 aromatic carbocycles. The van der Waals surface area contributed by atoms with Gasteiger partial charge in [-0.2, -0.15) is 5.10 Å². The average Bonchev–Trinajstić information content (AvgIpc) is 2.17. The van der Waals surface area contributed by atoms with Crippen LogP contribution in [0, 0.1) is 0 Å². The highest BCUT2D eigenvalue weighted by Crippen LogP contribution is 2.05. The Kier molecular flexibility index (Phi) is 4.52. The van der Waals surface area contributed by atoms with Crippen molar-refractivity contribution in [2.45, 2.75) is 19.8 Å². The molecule has 14 heavy (non-hydrogen) atoms. The van der Waals surface area contributed by atoms with Crippen LogP contribution in [0.15, 0.2) is 16.7 Å². The van der Waals surface area contributed by atoms with Gasteiger partial charge in [0.25, 0.3) is 0 Å². The third-order valence-corrected chi connectivity index (χ3v) is 2.00. The molecule has 0 radical (unpaired) electrons. The van der Waals surface area contributed by atoms with E-state index in [1.54, 1.807) is 13.0 Å². The van der Waals surface area contributed by atoms with Gasteiger partial charge >= 0.3 is 5.97 Å². The van der Waals surface area contributed by atoms with Crippen LogP contribution in [0.25, 0.3) is 0 Å². The predicted octanol–water partition coefficient (Wildman–Crippen LogP) is 1.73. The zero-order valence-electron chi connectivity index (χ0n) is 7.86. The zero-order valence-corrected chi connectivity index (χ0v) is 9.45. The summed E-state index contributed by atoms with van der Waals surface area (Å²) in [6.07, 6.45) is 0.920. The third-order valence-electron chi connectivity index (χ3n) is 1.58. The summed E-state index contributed by atoms with van der Waals surface area (Å²) in [5, 5.41) is 7.72. The van der Waals surface area contributed by atoms with Crippen molar-refractivity contribution in [3.63, 3.8) is 0 Å². The minimum atomic E-state index is -0.197. The second-order valence-electron chi connectivity index (χ2n) is 2.65. The number of aryl methyl sites for hydroxylation is 1. The highest BCUT2D eigenvalue weighted by Gasteiger charge is 2.03. The Morgan fingerprint density at radius 3 is 2.86 bits per heavy atom. The molecule has 1 aromatic rings. The molecule has 0 spiro atoms. The van der Waals surface area contributed by atoms with Crippen molar-refractivity contribution in [2.24, 2.45) is 0 Å². The molecule has 0 aliphatic carbocycles. The molecule has 1 aromatic heterocycles. The van der Waals surface area contributed by atoms with Crippen molar-refractivity contribution >= 4 is 21.9 Å². The van der Waals surface area contributed by atoms with Crippen LogP contribution in [0.1, 0.15) is 19.0 Å². The largest absolute Gasteiger partial charge is 0.466 e. The molecule has 76 valence electrons. The van der Waals surface area contributed by atoms with Gasteiger partial charge in [-0.25, -0.2) is 0 Å². The SMILES string of the molecule is CCOC(=O)CCc1ccc(Br)nn1. The number of rotatable bonds is 4. The van der Waals surface area contributed by atoms with E-state index in [-0.39, 0.29) is 5.97 Å². The molecule has 1 heterocycles. The van der Waals surface area contributed by atoms with E-state index in [9.17, 15) is 4.79 Å². The molecule has 0 fully saturated rings. The second-order valence-corrected chi connectivity index (χ2v) is 3.46. The number of carbonyl (C=O) groups is 1. The normalized spacial score (nSPS) is 9.86. The number of hydrogen-bond donors (Lipinski definition) is 0. The zero-order chi connectivity index (χ0) is 10.4. The molecular weight excluding hydrogens is 248 g/mol. The van der Waals surface area contributed by atoms with E-state index in [2.05, 4.69) is 26.1 Å². The Balaban J connectivity index is 2.38. The maximum absolute atomic E-state index is 11.0. The van der Waals surface area contributed by atoms with Crippen molar-refractivity contribution in [1.29, 1.82) is 0 Å².